The third-order valence-corrected chi connectivity index (χ3v) is 3.20. The van der Waals surface area contributed by atoms with Crippen molar-refractivity contribution in [2.24, 2.45) is 18.7 Å². The number of rotatable bonds is 2. The first kappa shape index (κ1) is 9.65. The molecule has 78 valence electrons. The van der Waals surface area contributed by atoms with Crippen molar-refractivity contribution in [2.75, 3.05) is 0 Å². The first-order valence-corrected chi connectivity index (χ1v) is 5.38. The van der Waals surface area contributed by atoms with Gasteiger partial charge in [-0.1, -0.05) is 19.3 Å². The summed E-state index contributed by atoms with van der Waals surface area (Å²) in [5.41, 5.74) is 6.19. The zero-order valence-corrected chi connectivity index (χ0v) is 8.69. The highest BCUT2D eigenvalue weighted by molar-refractivity contribution is 4.95. The standard InChI is InChI=1S/C10H18N4/c1-14-10(12-7-13-14)9(11)8-5-3-2-4-6-8/h7-9H,2-6,11H2,1H3. The van der Waals surface area contributed by atoms with Gasteiger partial charge in [0.2, 0.25) is 0 Å². The molecule has 0 amide bonds. The molecule has 2 rings (SSSR count). The quantitative estimate of drug-likeness (QED) is 0.774. The van der Waals surface area contributed by atoms with E-state index in [-0.39, 0.29) is 6.04 Å². The lowest BCUT2D eigenvalue weighted by atomic mass is 9.84. The summed E-state index contributed by atoms with van der Waals surface area (Å²) >= 11 is 0. The number of nitrogens with zero attached hydrogens (tertiary/aromatic N) is 3. The fourth-order valence-electron chi connectivity index (χ4n) is 2.31. The number of aromatic nitrogens is 3. The Labute approximate surface area is 84.5 Å². The van der Waals surface area contributed by atoms with E-state index in [0.717, 1.165) is 5.82 Å². The van der Waals surface area contributed by atoms with Crippen LogP contribution in [0.4, 0.5) is 0 Å². The van der Waals surface area contributed by atoms with Gasteiger partial charge in [0.25, 0.3) is 0 Å². The van der Waals surface area contributed by atoms with Gasteiger partial charge in [0.1, 0.15) is 12.2 Å². The van der Waals surface area contributed by atoms with Crippen LogP contribution in [-0.2, 0) is 7.05 Å². The Morgan fingerprint density at radius 1 is 1.43 bits per heavy atom. The Morgan fingerprint density at radius 2 is 2.14 bits per heavy atom. The molecule has 1 heterocycles. The minimum Gasteiger partial charge on any atom is -0.321 e. The molecule has 2 N–H and O–H groups in total. The van der Waals surface area contributed by atoms with E-state index in [1.54, 1.807) is 11.0 Å². The maximum absolute atomic E-state index is 6.19. The smallest absolute Gasteiger partial charge is 0.143 e. The topological polar surface area (TPSA) is 56.7 Å². The summed E-state index contributed by atoms with van der Waals surface area (Å²) in [6, 6.07) is 0.0720. The molecule has 0 aromatic carbocycles. The molecule has 4 heteroatoms. The fourth-order valence-corrected chi connectivity index (χ4v) is 2.31. The van der Waals surface area contributed by atoms with Gasteiger partial charge in [-0.15, -0.1) is 0 Å². The van der Waals surface area contributed by atoms with Crippen LogP contribution in [0, 0.1) is 5.92 Å². The van der Waals surface area contributed by atoms with Crippen molar-refractivity contribution in [3.8, 4) is 0 Å². The Morgan fingerprint density at radius 3 is 2.71 bits per heavy atom. The maximum atomic E-state index is 6.19. The van der Waals surface area contributed by atoms with Gasteiger partial charge >= 0.3 is 0 Å². The Hall–Kier alpha value is -0.900. The largest absolute Gasteiger partial charge is 0.321 e. The molecule has 1 unspecified atom stereocenters. The minimum atomic E-state index is 0.0720. The van der Waals surface area contributed by atoms with E-state index in [0.29, 0.717) is 5.92 Å². The zero-order valence-electron chi connectivity index (χ0n) is 8.69. The lowest BCUT2D eigenvalue weighted by Gasteiger charge is -2.26. The summed E-state index contributed by atoms with van der Waals surface area (Å²) in [6.07, 6.45) is 8.06. The summed E-state index contributed by atoms with van der Waals surface area (Å²) in [7, 11) is 1.91. The van der Waals surface area contributed by atoms with Gasteiger partial charge in [-0.3, -0.25) is 4.68 Å². The van der Waals surface area contributed by atoms with Crippen molar-refractivity contribution in [1.29, 1.82) is 0 Å². The van der Waals surface area contributed by atoms with E-state index in [1.165, 1.54) is 32.1 Å². The summed E-state index contributed by atoms with van der Waals surface area (Å²) in [5, 5.41) is 4.06. The van der Waals surface area contributed by atoms with E-state index in [4.69, 9.17) is 5.73 Å². The second-order valence-electron chi connectivity index (χ2n) is 4.17. The molecule has 14 heavy (non-hydrogen) atoms. The number of hydrogen-bond acceptors (Lipinski definition) is 3. The van der Waals surface area contributed by atoms with E-state index < -0.39 is 0 Å². The van der Waals surface area contributed by atoms with Gasteiger partial charge in [0.15, 0.2) is 0 Å². The van der Waals surface area contributed by atoms with Crippen LogP contribution in [-0.4, -0.2) is 14.8 Å². The van der Waals surface area contributed by atoms with Gasteiger partial charge < -0.3 is 5.73 Å². The Bertz CT molecular complexity index is 288. The number of aryl methyl sites for hydroxylation is 1. The third kappa shape index (κ3) is 1.80. The van der Waals surface area contributed by atoms with Crippen LogP contribution in [0.25, 0.3) is 0 Å². The van der Waals surface area contributed by atoms with Crippen LogP contribution in [0.5, 0.6) is 0 Å². The molecule has 0 bridgehead atoms. The van der Waals surface area contributed by atoms with Crippen molar-refractivity contribution in [2.45, 2.75) is 38.1 Å². The highest BCUT2D eigenvalue weighted by atomic mass is 15.3. The molecular weight excluding hydrogens is 176 g/mol. The number of nitrogens with two attached hydrogens (primary N) is 1. The number of hydrogen-bond donors (Lipinski definition) is 1. The van der Waals surface area contributed by atoms with Crippen molar-refractivity contribution >= 4 is 0 Å². The van der Waals surface area contributed by atoms with Gasteiger partial charge in [-0.25, -0.2) is 4.98 Å². The van der Waals surface area contributed by atoms with Crippen molar-refractivity contribution in [3.63, 3.8) is 0 Å². The van der Waals surface area contributed by atoms with E-state index in [2.05, 4.69) is 10.1 Å². The average Bonchev–Trinajstić information content (AvgIpc) is 2.65. The molecule has 0 radical (unpaired) electrons. The van der Waals surface area contributed by atoms with Gasteiger partial charge in [0, 0.05) is 7.05 Å². The SMILES string of the molecule is Cn1ncnc1C(N)C1CCCCC1. The van der Waals surface area contributed by atoms with Crippen molar-refractivity contribution < 1.29 is 0 Å². The molecule has 4 nitrogen and oxygen atoms in total. The average molecular weight is 194 g/mol. The lowest BCUT2D eigenvalue weighted by Crippen LogP contribution is -2.26. The molecular formula is C10H18N4. The molecule has 1 atom stereocenters. The summed E-state index contributed by atoms with van der Waals surface area (Å²) < 4.78 is 1.79. The van der Waals surface area contributed by atoms with Crippen LogP contribution in [0.3, 0.4) is 0 Å². The van der Waals surface area contributed by atoms with Crippen molar-refractivity contribution in [3.05, 3.63) is 12.2 Å². The predicted octanol–water partition coefficient (Wildman–Crippen LogP) is 1.40. The zero-order chi connectivity index (χ0) is 9.97. The lowest BCUT2D eigenvalue weighted by molar-refractivity contribution is 0.296. The first-order chi connectivity index (χ1) is 6.79. The van der Waals surface area contributed by atoms with Crippen LogP contribution in [0.2, 0.25) is 0 Å². The monoisotopic (exact) mass is 194 g/mol. The Kier molecular flexibility index (Phi) is 2.82. The van der Waals surface area contributed by atoms with Crippen LogP contribution >= 0.6 is 0 Å². The van der Waals surface area contributed by atoms with Gasteiger partial charge in [-0.05, 0) is 18.8 Å². The minimum absolute atomic E-state index is 0.0720. The molecule has 1 fully saturated rings. The summed E-state index contributed by atoms with van der Waals surface area (Å²) in [4.78, 5) is 4.22. The molecule has 1 saturated carbocycles. The molecule has 0 aliphatic heterocycles. The maximum Gasteiger partial charge on any atom is 0.143 e. The van der Waals surface area contributed by atoms with Crippen LogP contribution < -0.4 is 5.73 Å². The first-order valence-electron chi connectivity index (χ1n) is 5.38. The highest BCUT2D eigenvalue weighted by Crippen LogP contribution is 2.31. The van der Waals surface area contributed by atoms with Gasteiger partial charge in [-0.2, -0.15) is 5.10 Å². The molecule has 1 aromatic heterocycles. The van der Waals surface area contributed by atoms with Gasteiger partial charge in [0.05, 0.1) is 6.04 Å². The molecule has 0 spiro atoms. The molecule has 0 saturated heterocycles. The fraction of sp³-hybridized carbons (Fsp3) is 0.800. The van der Waals surface area contributed by atoms with Crippen molar-refractivity contribution in [1.82, 2.24) is 14.8 Å². The predicted molar refractivity (Wildman–Crippen MR) is 54.5 cm³/mol. The van der Waals surface area contributed by atoms with E-state index >= 15 is 0 Å². The molecule has 1 aliphatic rings. The van der Waals surface area contributed by atoms with Crippen LogP contribution in [0.15, 0.2) is 6.33 Å². The normalized spacial score (nSPS) is 21.0. The highest BCUT2D eigenvalue weighted by Gasteiger charge is 2.24. The second kappa shape index (κ2) is 4.09. The summed E-state index contributed by atoms with van der Waals surface area (Å²) in [6.45, 7) is 0. The summed E-state index contributed by atoms with van der Waals surface area (Å²) in [5.74, 6) is 1.53. The van der Waals surface area contributed by atoms with E-state index in [1.807, 2.05) is 7.05 Å². The Balaban J connectivity index is 2.07. The molecule has 1 aliphatic carbocycles. The van der Waals surface area contributed by atoms with Crippen LogP contribution in [0.1, 0.15) is 44.0 Å². The molecule has 1 aromatic rings. The third-order valence-electron chi connectivity index (χ3n) is 3.20. The van der Waals surface area contributed by atoms with E-state index in [9.17, 15) is 0 Å². The second-order valence-corrected chi connectivity index (χ2v) is 4.17.